The van der Waals surface area contributed by atoms with E-state index in [1.165, 1.54) is 24.5 Å². The van der Waals surface area contributed by atoms with Gasteiger partial charge in [-0.25, -0.2) is 4.98 Å². The number of ether oxygens (including phenoxy) is 1. The SMILES string of the molecule is NCc1cnc(Oc2ccc(C(F)(F)F)cc2)cn1. The summed E-state index contributed by atoms with van der Waals surface area (Å²) >= 11 is 0. The average molecular weight is 269 g/mol. The molecule has 1 aromatic heterocycles. The van der Waals surface area contributed by atoms with Gasteiger partial charge in [0.15, 0.2) is 0 Å². The molecule has 0 saturated carbocycles. The average Bonchev–Trinajstić information content (AvgIpc) is 2.39. The highest BCUT2D eigenvalue weighted by atomic mass is 19.4. The van der Waals surface area contributed by atoms with E-state index in [1.54, 1.807) is 0 Å². The third-order valence-electron chi connectivity index (χ3n) is 2.29. The van der Waals surface area contributed by atoms with Crippen molar-refractivity contribution in [3.63, 3.8) is 0 Å². The van der Waals surface area contributed by atoms with Crippen molar-refractivity contribution in [2.75, 3.05) is 0 Å². The molecular formula is C12H10F3N3O. The van der Waals surface area contributed by atoms with Crippen LogP contribution in [0.15, 0.2) is 36.7 Å². The molecule has 1 heterocycles. The van der Waals surface area contributed by atoms with E-state index in [2.05, 4.69) is 9.97 Å². The molecule has 2 N–H and O–H groups in total. The van der Waals surface area contributed by atoms with E-state index in [1.807, 2.05) is 0 Å². The lowest BCUT2D eigenvalue weighted by Gasteiger charge is -2.08. The quantitative estimate of drug-likeness (QED) is 0.930. The molecule has 100 valence electrons. The zero-order valence-electron chi connectivity index (χ0n) is 9.69. The van der Waals surface area contributed by atoms with E-state index in [0.29, 0.717) is 5.69 Å². The van der Waals surface area contributed by atoms with Crippen molar-refractivity contribution in [3.8, 4) is 11.6 Å². The second kappa shape index (κ2) is 5.23. The molecule has 19 heavy (non-hydrogen) atoms. The van der Waals surface area contributed by atoms with Crippen molar-refractivity contribution in [2.24, 2.45) is 5.73 Å². The topological polar surface area (TPSA) is 61.0 Å². The van der Waals surface area contributed by atoms with E-state index in [9.17, 15) is 13.2 Å². The molecule has 0 bridgehead atoms. The number of alkyl halides is 3. The summed E-state index contributed by atoms with van der Waals surface area (Å²) in [5, 5.41) is 0. The molecule has 0 aliphatic heterocycles. The fraction of sp³-hybridized carbons (Fsp3) is 0.167. The fourth-order valence-corrected chi connectivity index (χ4v) is 1.33. The Morgan fingerprint density at radius 3 is 2.21 bits per heavy atom. The van der Waals surface area contributed by atoms with Gasteiger partial charge < -0.3 is 10.5 Å². The van der Waals surface area contributed by atoms with Gasteiger partial charge in [-0.2, -0.15) is 13.2 Å². The minimum atomic E-state index is -4.36. The Balaban J connectivity index is 2.10. The Morgan fingerprint density at radius 1 is 1.05 bits per heavy atom. The molecule has 1 aromatic carbocycles. The smallest absolute Gasteiger partial charge is 0.416 e. The fourth-order valence-electron chi connectivity index (χ4n) is 1.33. The first-order valence-corrected chi connectivity index (χ1v) is 5.35. The highest BCUT2D eigenvalue weighted by Crippen LogP contribution is 2.30. The lowest BCUT2D eigenvalue weighted by molar-refractivity contribution is -0.137. The maximum atomic E-state index is 12.4. The Labute approximate surface area is 107 Å². The van der Waals surface area contributed by atoms with Crippen LogP contribution < -0.4 is 10.5 Å². The maximum Gasteiger partial charge on any atom is 0.416 e. The van der Waals surface area contributed by atoms with Gasteiger partial charge in [0.2, 0.25) is 5.88 Å². The summed E-state index contributed by atoms with van der Waals surface area (Å²) in [6, 6.07) is 4.33. The highest BCUT2D eigenvalue weighted by molar-refractivity contribution is 5.31. The van der Waals surface area contributed by atoms with Crippen LogP contribution in [-0.2, 0) is 12.7 Å². The van der Waals surface area contributed by atoms with E-state index < -0.39 is 11.7 Å². The number of rotatable bonds is 3. The standard InChI is InChI=1S/C12H10F3N3O/c13-12(14,15)8-1-3-10(4-2-8)19-11-7-17-9(5-16)6-18-11/h1-4,6-7H,5,16H2. The minimum Gasteiger partial charge on any atom is -0.438 e. The Kier molecular flexibility index (Phi) is 3.66. The van der Waals surface area contributed by atoms with Gasteiger partial charge in [-0.15, -0.1) is 0 Å². The number of hydrogen-bond acceptors (Lipinski definition) is 4. The van der Waals surface area contributed by atoms with E-state index >= 15 is 0 Å². The third kappa shape index (κ3) is 3.41. The second-order valence-corrected chi connectivity index (χ2v) is 3.67. The van der Waals surface area contributed by atoms with Crippen molar-refractivity contribution in [3.05, 3.63) is 47.9 Å². The molecule has 7 heteroatoms. The number of halogens is 3. The zero-order chi connectivity index (χ0) is 13.9. The normalized spacial score (nSPS) is 11.4. The lowest BCUT2D eigenvalue weighted by Crippen LogP contribution is -2.04. The number of aromatic nitrogens is 2. The van der Waals surface area contributed by atoms with Crippen LogP contribution in [0.5, 0.6) is 11.6 Å². The summed E-state index contributed by atoms with van der Waals surface area (Å²) in [4.78, 5) is 7.89. The maximum absolute atomic E-state index is 12.4. The first-order chi connectivity index (χ1) is 8.99. The van der Waals surface area contributed by atoms with E-state index in [4.69, 9.17) is 10.5 Å². The van der Waals surface area contributed by atoms with E-state index in [-0.39, 0.29) is 18.2 Å². The molecule has 0 aliphatic carbocycles. The second-order valence-electron chi connectivity index (χ2n) is 3.67. The van der Waals surface area contributed by atoms with Crippen LogP contribution >= 0.6 is 0 Å². The number of nitrogens with zero attached hydrogens (tertiary/aromatic N) is 2. The van der Waals surface area contributed by atoms with Crippen LogP contribution in [0.2, 0.25) is 0 Å². The van der Waals surface area contributed by atoms with Gasteiger partial charge in [0.1, 0.15) is 5.75 Å². The third-order valence-corrected chi connectivity index (χ3v) is 2.29. The summed E-state index contributed by atoms with van der Waals surface area (Å²) in [6.45, 7) is 0.257. The van der Waals surface area contributed by atoms with Crippen molar-refractivity contribution >= 4 is 0 Å². The summed E-state index contributed by atoms with van der Waals surface area (Å²) in [5.41, 5.74) is 5.22. The Morgan fingerprint density at radius 2 is 1.74 bits per heavy atom. The highest BCUT2D eigenvalue weighted by Gasteiger charge is 2.30. The lowest BCUT2D eigenvalue weighted by atomic mass is 10.2. The Bertz CT molecular complexity index is 538. The van der Waals surface area contributed by atoms with Crippen LogP contribution in [0, 0.1) is 0 Å². The van der Waals surface area contributed by atoms with Gasteiger partial charge in [-0.1, -0.05) is 0 Å². The molecule has 4 nitrogen and oxygen atoms in total. The first-order valence-electron chi connectivity index (χ1n) is 5.35. The predicted octanol–water partition coefficient (Wildman–Crippen LogP) is 2.75. The number of benzene rings is 1. The van der Waals surface area contributed by atoms with Gasteiger partial charge in [0.25, 0.3) is 0 Å². The number of nitrogens with two attached hydrogens (primary N) is 1. The van der Waals surface area contributed by atoms with Crippen LogP contribution in [0.4, 0.5) is 13.2 Å². The monoisotopic (exact) mass is 269 g/mol. The largest absolute Gasteiger partial charge is 0.438 e. The van der Waals surface area contributed by atoms with E-state index in [0.717, 1.165) is 12.1 Å². The van der Waals surface area contributed by atoms with Crippen LogP contribution in [0.3, 0.4) is 0 Å². The van der Waals surface area contributed by atoms with Crippen LogP contribution in [-0.4, -0.2) is 9.97 Å². The number of hydrogen-bond donors (Lipinski definition) is 1. The molecular weight excluding hydrogens is 259 g/mol. The zero-order valence-corrected chi connectivity index (χ0v) is 9.69. The van der Waals surface area contributed by atoms with Crippen LogP contribution in [0.25, 0.3) is 0 Å². The molecule has 0 atom stereocenters. The summed E-state index contributed by atoms with van der Waals surface area (Å²) in [6.07, 6.45) is -1.56. The molecule has 0 unspecified atom stereocenters. The molecule has 0 amide bonds. The molecule has 0 saturated heterocycles. The first kappa shape index (κ1) is 13.3. The minimum absolute atomic E-state index is 0.192. The van der Waals surface area contributed by atoms with Gasteiger partial charge in [0.05, 0.1) is 23.7 Å². The Hall–Kier alpha value is -2.15. The van der Waals surface area contributed by atoms with Gasteiger partial charge in [0, 0.05) is 6.54 Å². The molecule has 0 aliphatic rings. The van der Waals surface area contributed by atoms with Gasteiger partial charge in [-0.3, -0.25) is 4.98 Å². The van der Waals surface area contributed by atoms with Gasteiger partial charge >= 0.3 is 6.18 Å². The van der Waals surface area contributed by atoms with Crippen molar-refractivity contribution in [2.45, 2.75) is 12.7 Å². The predicted molar refractivity (Wildman–Crippen MR) is 61.4 cm³/mol. The summed E-state index contributed by atoms with van der Waals surface area (Å²) in [7, 11) is 0. The molecule has 0 radical (unpaired) electrons. The van der Waals surface area contributed by atoms with Crippen molar-refractivity contribution < 1.29 is 17.9 Å². The summed E-state index contributed by atoms with van der Waals surface area (Å²) < 4.78 is 42.3. The van der Waals surface area contributed by atoms with Crippen molar-refractivity contribution in [1.82, 2.24) is 9.97 Å². The molecule has 2 aromatic rings. The van der Waals surface area contributed by atoms with Gasteiger partial charge in [-0.05, 0) is 24.3 Å². The molecule has 0 spiro atoms. The summed E-state index contributed by atoms with van der Waals surface area (Å²) in [5.74, 6) is 0.444. The molecule has 2 rings (SSSR count). The van der Waals surface area contributed by atoms with Crippen molar-refractivity contribution in [1.29, 1.82) is 0 Å². The molecule has 0 fully saturated rings. The van der Waals surface area contributed by atoms with Crippen LogP contribution in [0.1, 0.15) is 11.3 Å².